The number of carbonyl (C=O) groups is 3. The third-order valence-corrected chi connectivity index (χ3v) is 5.94. The van der Waals surface area contributed by atoms with Gasteiger partial charge in [0, 0.05) is 0 Å². The Kier molecular flexibility index (Phi) is 5.82. The second-order valence-corrected chi connectivity index (χ2v) is 8.06. The van der Waals surface area contributed by atoms with Crippen LogP contribution in [-0.2, 0) is 21.5 Å². The van der Waals surface area contributed by atoms with E-state index >= 15 is 0 Å². The van der Waals surface area contributed by atoms with Crippen LogP contribution in [0.25, 0.3) is 0 Å². The van der Waals surface area contributed by atoms with E-state index in [1.807, 2.05) is 24.3 Å². The average Bonchev–Trinajstić information content (AvgIpc) is 2.98. The topological polar surface area (TPSA) is 87.7 Å². The van der Waals surface area contributed by atoms with Crippen LogP contribution in [0, 0.1) is 0 Å². The Balaban J connectivity index is 1.44. The lowest BCUT2D eigenvalue weighted by molar-refractivity contribution is -0.135. The molecular formula is C23H23F2N3O4. The fourth-order valence-electron chi connectivity index (χ4n) is 4.29. The van der Waals surface area contributed by atoms with Gasteiger partial charge in [0.2, 0.25) is 5.91 Å². The van der Waals surface area contributed by atoms with Gasteiger partial charge in [-0.25, -0.2) is 4.79 Å². The van der Waals surface area contributed by atoms with Gasteiger partial charge in [-0.05, 0) is 55.0 Å². The van der Waals surface area contributed by atoms with Crippen molar-refractivity contribution in [1.82, 2.24) is 15.5 Å². The van der Waals surface area contributed by atoms with Crippen LogP contribution in [0.1, 0.15) is 42.5 Å². The molecule has 7 nitrogen and oxygen atoms in total. The summed E-state index contributed by atoms with van der Waals surface area (Å²) in [7, 11) is 0. The van der Waals surface area contributed by atoms with E-state index < -0.39 is 36.5 Å². The molecular weight excluding hydrogens is 420 g/mol. The lowest BCUT2D eigenvalue weighted by atomic mass is 9.88. The summed E-state index contributed by atoms with van der Waals surface area (Å²) in [6.45, 7) is -1.87. The number of alkyl halides is 2. The first-order valence-electron chi connectivity index (χ1n) is 10.3. The molecule has 1 fully saturated rings. The molecule has 1 heterocycles. The largest absolute Gasteiger partial charge is 0.435 e. The lowest BCUT2D eigenvalue weighted by Gasteiger charge is -2.27. The van der Waals surface area contributed by atoms with Gasteiger partial charge in [-0.1, -0.05) is 36.4 Å². The Morgan fingerprint density at radius 1 is 1.22 bits per heavy atom. The van der Waals surface area contributed by atoms with E-state index in [9.17, 15) is 23.2 Å². The van der Waals surface area contributed by atoms with Crippen molar-refractivity contribution in [2.45, 2.75) is 44.4 Å². The molecule has 0 unspecified atom stereocenters. The molecule has 2 aliphatic rings. The number of hydrogen-bond donors (Lipinski definition) is 2. The third-order valence-electron chi connectivity index (χ3n) is 5.94. The highest BCUT2D eigenvalue weighted by Crippen LogP contribution is 2.31. The number of aryl methyl sites for hydroxylation is 1. The predicted octanol–water partition coefficient (Wildman–Crippen LogP) is 3.25. The first kappa shape index (κ1) is 21.7. The van der Waals surface area contributed by atoms with Gasteiger partial charge >= 0.3 is 12.6 Å². The summed E-state index contributed by atoms with van der Waals surface area (Å²) in [6, 6.07) is 12.5. The normalized spacial score (nSPS) is 22.5. The van der Waals surface area contributed by atoms with Crippen molar-refractivity contribution < 1.29 is 27.9 Å². The molecule has 9 heteroatoms. The Bertz CT molecular complexity index is 1040. The van der Waals surface area contributed by atoms with Crippen molar-refractivity contribution in [2.75, 3.05) is 6.54 Å². The number of nitrogens with one attached hydrogen (secondary N) is 2. The van der Waals surface area contributed by atoms with E-state index in [4.69, 9.17) is 0 Å². The quantitative estimate of drug-likeness (QED) is 0.671. The van der Waals surface area contributed by atoms with Gasteiger partial charge in [-0.15, -0.1) is 0 Å². The Hall–Kier alpha value is -3.49. The Labute approximate surface area is 183 Å². The van der Waals surface area contributed by atoms with Crippen LogP contribution in [0.3, 0.4) is 0 Å². The first-order chi connectivity index (χ1) is 15.3. The number of ether oxygens (including phenoxy) is 1. The van der Waals surface area contributed by atoms with Crippen molar-refractivity contribution in [3.63, 3.8) is 0 Å². The van der Waals surface area contributed by atoms with Crippen LogP contribution in [0.5, 0.6) is 5.75 Å². The molecule has 2 atom stereocenters. The maximum absolute atomic E-state index is 13.0. The van der Waals surface area contributed by atoms with E-state index in [-0.39, 0.29) is 11.8 Å². The maximum atomic E-state index is 13.0. The van der Waals surface area contributed by atoms with E-state index in [0.717, 1.165) is 29.7 Å². The van der Waals surface area contributed by atoms with E-state index in [1.165, 1.54) is 36.8 Å². The molecule has 4 amide bonds. The lowest BCUT2D eigenvalue weighted by Crippen LogP contribution is -2.44. The highest BCUT2D eigenvalue weighted by molar-refractivity contribution is 6.09. The number of rotatable bonds is 6. The number of hydrogen-bond acceptors (Lipinski definition) is 4. The van der Waals surface area contributed by atoms with Crippen molar-refractivity contribution in [1.29, 1.82) is 0 Å². The van der Waals surface area contributed by atoms with Crippen LogP contribution < -0.4 is 15.4 Å². The zero-order chi connectivity index (χ0) is 22.9. The number of carbonyl (C=O) groups excluding carboxylic acids is 3. The molecule has 4 rings (SSSR count). The van der Waals surface area contributed by atoms with E-state index in [2.05, 4.69) is 15.4 Å². The summed E-state index contributed by atoms with van der Waals surface area (Å²) in [4.78, 5) is 39.1. The molecule has 2 aromatic rings. The number of fused-ring (bicyclic) bond motifs is 1. The standard InChI is InChI=1S/C23H23F2N3O4/c1-23(15-9-11-16(12-10-15)32-21(24)25)20(30)28(22(31)27-23)13-19(29)26-18-8-4-6-14-5-2-3-7-17(14)18/h2-3,5,7,9-12,18,21H,4,6,8,13H2,1H3,(H,26,29)(H,27,31)/t18-,23-/m1/s1. The molecule has 0 radical (unpaired) electrons. The van der Waals surface area contributed by atoms with Gasteiger partial charge in [-0.2, -0.15) is 8.78 Å². The van der Waals surface area contributed by atoms with E-state index in [0.29, 0.717) is 5.56 Å². The summed E-state index contributed by atoms with van der Waals surface area (Å²) >= 11 is 0. The molecule has 0 aromatic heterocycles. The van der Waals surface area contributed by atoms with Crippen LogP contribution in [0.2, 0.25) is 0 Å². The van der Waals surface area contributed by atoms with E-state index in [1.54, 1.807) is 0 Å². The minimum absolute atomic E-state index is 0.0619. The molecule has 2 aromatic carbocycles. The summed E-state index contributed by atoms with van der Waals surface area (Å²) in [6.07, 6.45) is 2.68. The first-order valence-corrected chi connectivity index (χ1v) is 10.3. The molecule has 1 saturated heterocycles. The number of benzene rings is 2. The van der Waals surface area contributed by atoms with Crippen molar-refractivity contribution >= 4 is 17.8 Å². The Morgan fingerprint density at radius 2 is 1.94 bits per heavy atom. The zero-order valence-corrected chi connectivity index (χ0v) is 17.4. The number of nitrogens with zero attached hydrogens (tertiary/aromatic N) is 1. The van der Waals surface area contributed by atoms with Gasteiger partial charge in [0.1, 0.15) is 17.8 Å². The minimum Gasteiger partial charge on any atom is -0.435 e. The molecule has 168 valence electrons. The summed E-state index contributed by atoms with van der Waals surface area (Å²) < 4.78 is 29.0. The number of halogens is 2. The Morgan fingerprint density at radius 3 is 2.66 bits per heavy atom. The monoisotopic (exact) mass is 443 g/mol. The molecule has 1 aliphatic carbocycles. The van der Waals surface area contributed by atoms with Crippen LogP contribution in [-0.4, -0.2) is 35.9 Å². The molecule has 2 N–H and O–H groups in total. The van der Waals surface area contributed by atoms with Gasteiger partial charge in [0.15, 0.2) is 0 Å². The van der Waals surface area contributed by atoms with Crippen molar-refractivity contribution in [3.8, 4) is 5.75 Å². The summed E-state index contributed by atoms with van der Waals surface area (Å²) in [5.41, 5.74) is 1.21. The smallest absolute Gasteiger partial charge is 0.387 e. The highest BCUT2D eigenvalue weighted by atomic mass is 19.3. The molecule has 0 bridgehead atoms. The fraction of sp³-hybridized carbons (Fsp3) is 0.348. The second kappa shape index (κ2) is 8.57. The highest BCUT2D eigenvalue weighted by Gasteiger charge is 2.49. The van der Waals surface area contributed by atoms with Gasteiger partial charge in [-0.3, -0.25) is 14.5 Å². The number of amides is 4. The van der Waals surface area contributed by atoms with Crippen molar-refractivity contribution in [3.05, 3.63) is 65.2 Å². The van der Waals surface area contributed by atoms with Crippen LogP contribution in [0.15, 0.2) is 48.5 Å². The average molecular weight is 443 g/mol. The third kappa shape index (κ3) is 4.15. The van der Waals surface area contributed by atoms with Gasteiger partial charge < -0.3 is 15.4 Å². The minimum atomic E-state index is -2.96. The molecule has 32 heavy (non-hydrogen) atoms. The van der Waals surface area contributed by atoms with Gasteiger partial charge in [0.25, 0.3) is 5.91 Å². The molecule has 0 saturated carbocycles. The number of imide groups is 1. The number of urea groups is 1. The predicted molar refractivity (Wildman–Crippen MR) is 111 cm³/mol. The second-order valence-electron chi connectivity index (χ2n) is 8.06. The van der Waals surface area contributed by atoms with Crippen molar-refractivity contribution in [2.24, 2.45) is 0 Å². The zero-order valence-electron chi connectivity index (χ0n) is 17.4. The van der Waals surface area contributed by atoms with Crippen LogP contribution in [0.4, 0.5) is 13.6 Å². The summed E-state index contributed by atoms with van der Waals surface area (Å²) in [5, 5.41) is 5.54. The fourth-order valence-corrected chi connectivity index (χ4v) is 4.29. The maximum Gasteiger partial charge on any atom is 0.387 e. The molecule has 1 aliphatic heterocycles. The summed E-state index contributed by atoms with van der Waals surface area (Å²) in [5.74, 6) is -1.09. The van der Waals surface area contributed by atoms with Gasteiger partial charge in [0.05, 0.1) is 6.04 Å². The van der Waals surface area contributed by atoms with Crippen LogP contribution >= 0.6 is 0 Å². The molecule has 0 spiro atoms. The SMILES string of the molecule is C[C@]1(c2ccc(OC(F)F)cc2)NC(=O)N(CC(=O)N[C@@H]2CCCc3ccccc32)C1=O.